The summed E-state index contributed by atoms with van der Waals surface area (Å²) in [5.41, 5.74) is 7.29. The van der Waals surface area contributed by atoms with Crippen LogP contribution in [0.3, 0.4) is 0 Å². The molecule has 20 heavy (non-hydrogen) atoms. The third kappa shape index (κ3) is 3.93. The molecule has 0 radical (unpaired) electrons. The molecule has 1 aromatic carbocycles. The van der Waals surface area contributed by atoms with Crippen molar-refractivity contribution in [1.29, 1.82) is 0 Å². The van der Waals surface area contributed by atoms with Crippen LogP contribution in [0.25, 0.3) is 0 Å². The van der Waals surface area contributed by atoms with E-state index >= 15 is 0 Å². The molecule has 0 spiro atoms. The van der Waals surface area contributed by atoms with Crippen molar-refractivity contribution < 1.29 is 4.79 Å². The summed E-state index contributed by atoms with van der Waals surface area (Å²) in [5.74, 6) is -0.0588. The van der Waals surface area contributed by atoms with Crippen LogP contribution in [0.2, 0.25) is 0 Å². The lowest BCUT2D eigenvalue weighted by atomic mass is 10.1. The smallest absolute Gasteiger partial charge is 0.251 e. The molecular weight excluding hydrogens is 252 g/mol. The molecule has 0 fully saturated rings. The van der Waals surface area contributed by atoms with Gasteiger partial charge in [-0.15, -0.1) is 0 Å². The number of hydrogen-bond acceptors (Lipinski definition) is 3. The molecule has 1 heterocycles. The lowest BCUT2D eigenvalue weighted by Gasteiger charge is -2.14. The maximum Gasteiger partial charge on any atom is 0.251 e. The molecule has 0 aliphatic heterocycles. The summed E-state index contributed by atoms with van der Waals surface area (Å²) in [5, 5.41) is 2.98. The zero-order chi connectivity index (χ0) is 14.4. The zero-order valence-electron chi connectivity index (χ0n) is 11.6. The van der Waals surface area contributed by atoms with Crippen LogP contribution in [0.15, 0.2) is 43.0 Å². The Bertz CT molecular complexity index is 551. The number of rotatable bonds is 6. The van der Waals surface area contributed by atoms with Gasteiger partial charge < -0.3 is 15.6 Å². The van der Waals surface area contributed by atoms with Crippen molar-refractivity contribution in [3.05, 3.63) is 54.1 Å². The molecule has 1 atom stereocenters. The van der Waals surface area contributed by atoms with Gasteiger partial charge in [0.25, 0.3) is 5.91 Å². The number of nitrogens with two attached hydrogens (primary N) is 1. The van der Waals surface area contributed by atoms with Crippen LogP contribution in [0.1, 0.15) is 22.8 Å². The van der Waals surface area contributed by atoms with Crippen molar-refractivity contribution in [3.63, 3.8) is 0 Å². The van der Waals surface area contributed by atoms with Crippen molar-refractivity contribution in [1.82, 2.24) is 14.9 Å². The number of imidazole rings is 1. The molecule has 1 amide bonds. The molecule has 0 saturated carbocycles. The van der Waals surface area contributed by atoms with E-state index in [0.717, 1.165) is 12.0 Å². The quantitative estimate of drug-likeness (QED) is 0.830. The standard InChI is InChI=1S/C15H20N4O/c1-12(10-19-8-7-17-11-19)18-15(20)14-4-2-3-13(9-14)5-6-16/h2-4,7-9,11-12H,5-6,10,16H2,1H3,(H,18,20). The second-order valence-corrected chi connectivity index (χ2v) is 4.87. The SMILES string of the molecule is CC(Cn1ccnc1)NC(=O)c1cccc(CCN)c1. The molecule has 0 aliphatic rings. The second-order valence-electron chi connectivity index (χ2n) is 4.87. The van der Waals surface area contributed by atoms with Gasteiger partial charge in [0.05, 0.1) is 6.33 Å². The number of benzene rings is 1. The van der Waals surface area contributed by atoms with Crippen molar-refractivity contribution >= 4 is 5.91 Å². The van der Waals surface area contributed by atoms with Gasteiger partial charge in [0.1, 0.15) is 0 Å². The largest absolute Gasteiger partial charge is 0.348 e. The van der Waals surface area contributed by atoms with Crippen LogP contribution in [0.5, 0.6) is 0 Å². The average Bonchev–Trinajstić information content (AvgIpc) is 2.92. The third-order valence-electron chi connectivity index (χ3n) is 3.04. The number of carbonyl (C=O) groups excluding carboxylic acids is 1. The third-order valence-corrected chi connectivity index (χ3v) is 3.04. The molecule has 5 nitrogen and oxygen atoms in total. The fourth-order valence-electron chi connectivity index (χ4n) is 2.10. The van der Waals surface area contributed by atoms with Gasteiger partial charge in [-0.3, -0.25) is 4.79 Å². The van der Waals surface area contributed by atoms with Crippen molar-refractivity contribution in [2.45, 2.75) is 25.9 Å². The zero-order valence-corrected chi connectivity index (χ0v) is 11.6. The Morgan fingerprint density at radius 2 is 2.35 bits per heavy atom. The maximum atomic E-state index is 12.2. The van der Waals surface area contributed by atoms with Crippen molar-refractivity contribution in [3.8, 4) is 0 Å². The minimum Gasteiger partial charge on any atom is -0.348 e. The molecule has 1 aromatic heterocycles. The number of nitrogens with one attached hydrogen (secondary N) is 1. The van der Waals surface area contributed by atoms with E-state index in [1.807, 2.05) is 42.0 Å². The molecule has 106 valence electrons. The van der Waals surface area contributed by atoms with Gasteiger partial charge in [-0.1, -0.05) is 12.1 Å². The molecule has 3 N–H and O–H groups in total. The van der Waals surface area contributed by atoms with E-state index < -0.39 is 0 Å². The lowest BCUT2D eigenvalue weighted by Crippen LogP contribution is -2.35. The Hall–Kier alpha value is -2.14. The normalized spacial score (nSPS) is 12.1. The Morgan fingerprint density at radius 1 is 1.50 bits per heavy atom. The first-order valence-corrected chi connectivity index (χ1v) is 6.74. The first-order valence-electron chi connectivity index (χ1n) is 6.74. The molecule has 5 heteroatoms. The first-order chi connectivity index (χ1) is 9.69. The predicted octanol–water partition coefficient (Wildman–Crippen LogP) is 1.20. The summed E-state index contributed by atoms with van der Waals surface area (Å²) in [6.07, 6.45) is 6.13. The van der Waals surface area contributed by atoms with Gasteiger partial charge in [-0.05, 0) is 37.6 Å². The number of hydrogen-bond donors (Lipinski definition) is 2. The van der Waals surface area contributed by atoms with Crippen LogP contribution in [0.4, 0.5) is 0 Å². The molecule has 2 aromatic rings. The Balaban J connectivity index is 1.95. The summed E-state index contributed by atoms with van der Waals surface area (Å²) in [7, 11) is 0. The summed E-state index contributed by atoms with van der Waals surface area (Å²) < 4.78 is 1.94. The van der Waals surface area contributed by atoms with Gasteiger partial charge in [0.2, 0.25) is 0 Å². The monoisotopic (exact) mass is 272 g/mol. The fraction of sp³-hybridized carbons (Fsp3) is 0.333. The number of aromatic nitrogens is 2. The van der Waals surface area contributed by atoms with Crippen molar-refractivity contribution in [2.24, 2.45) is 5.73 Å². The van der Waals surface area contributed by atoms with E-state index in [1.54, 1.807) is 12.5 Å². The molecule has 2 rings (SSSR count). The van der Waals surface area contributed by atoms with Gasteiger partial charge in [0.15, 0.2) is 0 Å². The first kappa shape index (κ1) is 14.3. The van der Waals surface area contributed by atoms with E-state index in [4.69, 9.17) is 5.73 Å². The summed E-state index contributed by atoms with van der Waals surface area (Å²) in [6, 6.07) is 7.62. The topological polar surface area (TPSA) is 72.9 Å². The van der Waals surface area contributed by atoms with Crippen molar-refractivity contribution in [2.75, 3.05) is 6.54 Å². The number of amides is 1. The maximum absolute atomic E-state index is 12.2. The van der Waals surface area contributed by atoms with Crippen LogP contribution < -0.4 is 11.1 Å². The fourth-order valence-corrected chi connectivity index (χ4v) is 2.10. The van der Waals surface area contributed by atoms with Gasteiger partial charge in [-0.2, -0.15) is 0 Å². The highest BCUT2D eigenvalue weighted by Gasteiger charge is 2.10. The molecule has 0 aliphatic carbocycles. The Morgan fingerprint density at radius 3 is 3.05 bits per heavy atom. The van der Waals surface area contributed by atoms with Crippen LogP contribution in [-0.2, 0) is 13.0 Å². The van der Waals surface area contributed by atoms with E-state index in [-0.39, 0.29) is 11.9 Å². The minimum absolute atomic E-state index is 0.0369. The molecule has 0 saturated heterocycles. The highest BCUT2D eigenvalue weighted by atomic mass is 16.1. The predicted molar refractivity (Wildman–Crippen MR) is 78.4 cm³/mol. The number of nitrogens with zero attached hydrogens (tertiary/aromatic N) is 2. The summed E-state index contributed by atoms with van der Waals surface area (Å²) in [4.78, 5) is 16.2. The highest BCUT2D eigenvalue weighted by molar-refractivity contribution is 5.94. The van der Waals surface area contributed by atoms with Gasteiger partial charge in [0, 0.05) is 30.5 Å². The van der Waals surface area contributed by atoms with Crippen LogP contribution >= 0.6 is 0 Å². The second kappa shape index (κ2) is 6.86. The Labute approximate surface area is 118 Å². The molecule has 1 unspecified atom stereocenters. The van der Waals surface area contributed by atoms with E-state index in [2.05, 4.69) is 10.3 Å². The summed E-state index contributed by atoms with van der Waals surface area (Å²) >= 11 is 0. The van der Waals surface area contributed by atoms with Gasteiger partial charge in [-0.25, -0.2) is 4.98 Å². The average molecular weight is 272 g/mol. The Kier molecular flexibility index (Phi) is 4.90. The van der Waals surface area contributed by atoms with E-state index in [1.165, 1.54) is 0 Å². The lowest BCUT2D eigenvalue weighted by molar-refractivity contribution is 0.0936. The van der Waals surface area contributed by atoms with Crippen LogP contribution in [0, 0.1) is 0 Å². The van der Waals surface area contributed by atoms with Gasteiger partial charge >= 0.3 is 0 Å². The van der Waals surface area contributed by atoms with E-state index in [0.29, 0.717) is 18.7 Å². The number of carbonyl (C=O) groups is 1. The van der Waals surface area contributed by atoms with E-state index in [9.17, 15) is 4.79 Å². The molecule has 0 bridgehead atoms. The minimum atomic E-state index is -0.0588. The highest BCUT2D eigenvalue weighted by Crippen LogP contribution is 2.06. The summed E-state index contributed by atoms with van der Waals surface area (Å²) in [6.45, 7) is 3.26. The molecular formula is C15H20N4O. The van der Waals surface area contributed by atoms with Crippen LogP contribution in [-0.4, -0.2) is 28.0 Å².